The number of nitrogens with one attached hydrogen (secondary N) is 2. The van der Waals surface area contributed by atoms with Crippen molar-refractivity contribution in [3.63, 3.8) is 0 Å². The van der Waals surface area contributed by atoms with Crippen molar-refractivity contribution in [2.75, 3.05) is 19.6 Å². The Labute approximate surface area is 197 Å². The van der Waals surface area contributed by atoms with Crippen LogP contribution in [0.4, 0.5) is 0 Å². The van der Waals surface area contributed by atoms with E-state index in [0.717, 1.165) is 56.4 Å². The van der Waals surface area contributed by atoms with E-state index >= 15 is 0 Å². The third-order valence-corrected chi connectivity index (χ3v) is 5.05. The van der Waals surface area contributed by atoms with Gasteiger partial charge in [-0.1, -0.05) is 26.8 Å². The standard InChI is InChI=1S/C22H34N6O.HI/c1-5-23-21(26-15-20-25-14-19(29-20)22(2,3)4)27-17-9-12-28(13-10-17)16-18-8-6-7-11-24-18;/h6-8,11,14,17H,5,9-10,12-13,15-16H2,1-4H3,(H2,23,26,27);1H. The summed E-state index contributed by atoms with van der Waals surface area (Å²) in [5, 5.41) is 6.91. The second kappa shape index (κ2) is 11.6. The van der Waals surface area contributed by atoms with E-state index in [2.05, 4.69) is 64.3 Å². The molecule has 3 heterocycles. The maximum Gasteiger partial charge on any atom is 0.216 e. The fourth-order valence-corrected chi connectivity index (χ4v) is 3.35. The summed E-state index contributed by atoms with van der Waals surface area (Å²) in [7, 11) is 0. The van der Waals surface area contributed by atoms with Crippen molar-refractivity contribution in [1.82, 2.24) is 25.5 Å². The van der Waals surface area contributed by atoms with Crippen molar-refractivity contribution in [3.8, 4) is 0 Å². The fraction of sp³-hybridized carbons (Fsp3) is 0.591. The van der Waals surface area contributed by atoms with Crippen LogP contribution in [0.5, 0.6) is 0 Å². The number of hydrogen-bond acceptors (Lipinski definition) is 5. The Balaban J connectivity index is 0.00000320. The van der Waals surface area contributed by atoms with Crippen LogP contribution in [0.3, 0.4) is 0 Å². The first-order valence-corrected chi connectivity index (χ1v) is 10.6. The molecule has 0 aromatic carbocycles. The molecule has 0 radical (unpaired) electrons. The highest BCUT2D eigenvalue weighted by molar-refractivity contribution is 14.0. The highest BCUT2D eigenvalue weighted by atomic mass is 127. The number of hydrogen-bond donors (Lipinski definition) is 2. The molecule has 2 aromatic heterocycles. The van der Waals surface area contributed by atoms with Crippen molar-refractivity contribution in [2.45, 2.75) is 65.1 Å². The molecular weight excluding hydrogens is 491 g/mol. The first-order valence-electron chi connectivity index (χ1n) is 10.6. The number of aliphatic imine (C=N–C) groups is 1. The Morgan fingerprint density at radius 3 is 2.60 bits per heavy atom. The molecule has 8 heteroatoms. The lowest BCUT2D eigenvalue weighted by Crippen LogP contribution is -2.48. The van der Waals surface area contributed by atoms with Gasteiger partial charge in [0.05, 0.1) is 11.9 Å². The zero-order chi connectivity index (χ0) is 20.7. The summed E-state index contributed by atoms with van der Waals surface area (Å²) in [5.74, 6) is 2.37. The van der Waals surface area contributed by atoms with Gasteiger partial charge in [-0.2, -0.15) is 0 Å². The molecule has 3 rings (SSSR count). The minimum Gasteiger partial charge on any atom is -0.443 e. The average Bonchev–Trinajstić information content (AvgIpc) is 3.18. The van der Waals surface area contributed by atoms with Gasteiger partial charge in [0, 0.05) is 43.8 Å². The second-order valence-electron chi connectivity index (χ2n) is 8.58. The third-order valence-electron chi connectivity index (χ3n) is 5.05. The van der Waals surface area contributed by atoms with Crippen LogP contribution in [0.15, 0.2) is 40.0 Å². The smallest absolute Gasteiger partial charge is 0.216 e. The Morgan fingerprint density at radius 1 is 1.23 bits per heavy atom. The number of likely N-dealkylation sites (tertiary alicyclic amines) is 1. The van der Waals surface area contributed by atoms with Crippen LogP contribution in [0.1, 0.15) is 57.9 Å². The van der Waals surface area contributed by atoms with Gasteiger partial charge in [0.25, 0.3) is 0 Å². The zero-order valence-electron chi connectivity index (χ0n) is 18.5. The molecule has 0 aliphatic carbocycles. The Kier molecular flexibility index (Phi) is 9.54. The number of piperidine rings is 1. The molecule has 0 saturated carbocycles. The van der Waals surface area contributed by atoms with Crippen molar-refractivity contribution in [2.24, 2.45) is 4.99 Å². The molecule has 1 aliphatic heterocycles. The number of halogens is 1. The summed E-state index contributed by atoms with van der Waals surface area (Å²) in [6.45, 7) is 12.7. The quantitative estimate of drug-likeness (QED) is 0.340. The first-order chi connectivity index (χ1) is 13.9. The predicted molar refractivity (Wildman–Crippen MR) is 131 cm³/mol. The molecule has 2 N–H and O–H groups in total. The summed E-state index contributed by atoms with van der Waals surface area (Å²) in [4.78, 5) is 15.9. The van der Waals surface area contributed by atoms with Crippen LogP contribution >= 0.6 is 24.0 Å². The summed E-state index contributed by atoms with van der Waals surface area (Å²) < 4.78 is 5.85. The van der Waals surface area contributed by atoms with Crippen LogP contribution in [0.2, 0.25) is 0 Å². The molecule has 0 atom stereocenters. The maximum atomic E-state index is 5.85. The Morgan fingerprint density at radius 2 is 2.00 bits per heavy atom. The summed E-state index contributed by atoms with van der Waals surface area (Å²) in [5.41, 5.74) is 1.09. The summed E-state index contributed by atoms with van der Waals surface area (Å²) >= 11 is 0. The number of oxazole rings is 1. The summed E-state index contributed by atoms with van der Waals surface area (Å²) in [6.07, 6.45) is 5.85. The van der Waals surface area contributed by atoms with Gasteiger partial charge in [-0.3, -0.25) is 9.88 Å². The van der Waals surface area contributed by atoms with Crippen LogP contribution in [-0.4, -0.2) is 46.5 Å². The molecule has 0 bridgehead atoms. The number of guanidine groups is 1. The number of aromatic nitrogens is 2. The van der Waals surface area contributed by atoms with Crippen molar-refractivity contribution >= 4 is 29.9 Å². The maximum absolute atomic E-state index is 5.85. The van der Waals surface area contributed by atoms with Gasteiger partial charge in [0.15, 0.2) is 5.96 Å². The van der Waals surface area contributed by atoms with Crippen LogP contribution < -0.4 is 10.6 Å². The fourth-order valence-electron chi connectivity index (χ4n) is 3.35. The third kappa shape index (κ3) is 7.54. The van der Waals surface area contributed by atoms with Crippen molar-refractivity contribution in [3.05, 3.63) is 47.9 Å². The molecule has 1 fully saturated rings. The number of rotatable bonds is 6. The SMILES string of the molecule is CCNC(=NCc1ncc(C(C)(C)C)o1)NC1CCN(Cc2ccccn2)CC1.I. The molecule has 30 heavy (non-hydrogen) atoms. The monoisotopic (exact) mass is 526 g/mol. The second-order valence-corrected chi connectivity index (χ2v) is 8.58. The number of nitrogens with zero attached hydrogens (tertiary/aromatic N) is 4. The van der Waals surface area contributed by atoms with E-state index in [9.17, 15) is 0 Å². The normalized spacial score (nSPS) is 16.2. The average molecular weight is 526 g/mol. The minimum atomic E-state index is -0.0407. The highest BCUT2D eigenvalue weighted by Gasteiger charge is 2.21. The summed E-state index contributed by atoms with van der Waals surface area (Å²) in [6, 6.07) is 6.52. The Hall–Kier alpha value is -1.68. The van der Waals surface area contributed by atoms with Crippen molar-refractivity contribution < 1.29 is 4.42 Å². The highest BCUT2D eigenvalue weighted by Crippen LogP contribution is 2.22. The van der Waals surface area contributed by atoms with Gasteiger partial charge < -0.3 is 15.1 Å². The largest absolute Gasteiger partial charge is 0.443 e. The van der Waals surface area contributed by atoms with Gasteiger partial charge in [-0.25, -0.2) is 9.98 Å². The number of pyridine rings is 1. The van der Waals surface area contributed by atoms with E-state index < -0.39 is 0 Å². The van der Waals surface area contributed by atoms with E-state index in [0.29, 0.717) is 18.5 Å². The lowest BCUT2D eigenvalue weighted by Gasteiger charge is -2.32. The van der Waals surface area contributed by atoms with Gasteiger partial charge in [-0.15, -0.1) is 24.0 Å². The van der Waals surface area contributed by atoms with E-state index in [-0.39, 0.29) is 29.4 Å². The van der Waals surface area contributed by atoms with E-state index in [4.69, 9.17) is 4.42 Å². The molecule has 166 valence electrons. The van der Waals surface area contributed by atoms with E-state index in [1.54, 1.807) is 0 Å². The predicted octanol–water partition coefficient (Wildman–Crippen LogP) is 3.70. The van der Waals surface area contributed by atoms with E-state index in [1.807, 2.05) is 24.5 Å². The van der Waals surface area contributed by atoms with Gasteiger partial charge in [-0.05, 0) is 31.9 Å². The first kappa shape index (κ1) is 24.6. The van der Waals surface area contributed by atoms with Crippen LogP contribution in [-0.2, 0) is 18.5 Å². The molecule has 1 aliphatic rings. The van der Waals surface area contributed by atoms with Gasteiger partial charge >= 0.3 is 0 Å². The van der Waals surface area contributed by atoms with Crippen LogP contribution in [0.25, 0.3) is 0 Å². The van der Waals surface area contributed by atoms with Gasteiger partial charge in [0.1, 0.15) is 12.3 Å². The van der Waals surface area contributed by atoms with E-state index in [1.165, 1.54) is 0 Å². The van der Waals surface area contributed by atoms with Crippen molar-refractivity contribution in [1.29, 1.82) is 0 Å². The molecule has 2 aromatic rings. The molecule has 0 unspecified atom stereocenters. The lowest BCUT2D eigenvalue weighted by molar-refractivity contribution is 0.196. The van der Waals surface area contributed by atoms with Crippen LogP contribution in [0, 0.1) is 0 Å². The molecule has 0 spiro atoms. The zero-order valence-corrected chi connectivity index (χ0v) is 20.8. The molecule has 1 saturated heterocycles. The molecule has 7 nitrogen and oxygen atoms in total. The van der Waals surface area contributed by atoms with Gasteiger partial charge in [0.2, 0.25) is 5.89 Å². The minimum absolute atomic E-state index is 0. The Bertz CT molecular complexity index is 778. The topological polar surface area (TPSA) is 78.6 Å². The molecule has 0 amide bonds. The lowest BCUT2D eigenvalue weighted by atomic mass is 9.94. The molecular formula is C22H35IN6O.